The molecule has 3 aliphatic rings. The predicted octanol–water partition coefficient (Wildman–Crippen LogP) is 2.63. The van der Waals surface area contributed by atoms with Crippen LogP contribution in [-0.4, -0.2) is 38.9 Å². The third kappa shape index (κ3) is 2.72. The molecule has 24 heavy (non-hydrogen) atoms. The lowest BCUT2D eigenvalue weighted by atomic mass is 9.79. The Kier molecular flexibility index (Phi) is 3.85. The summed E-state index contributed by atoms with van der Waals surface area (Å²) in [6.07, 6.45) is 5.89. The summed E-state index contributed by atoms with van der Waals surface area (Å²) in [6.45, 7) is 8.19. The molecule has 3 fully saturated rings. The zero-order valence-corrected chi connectivity index (χ0v) is 15.7. The van der Waals surface area contributed by atoms with Crippen LogP contribution in [0.4, 0.5) is 0 Å². The largest absolute Gasteiger partial charge is 0.496 e. The highest BCUT2D eigenvalue weighted by atomic mass is 32.2. The van der Waals surface area contributed by atoms with E-state index in [0.717, 1.165) is 24.0 Å². The molecule has 6 heteroatoms. The number of aromatic nitrogens is 1. The van der Waals surface area contributed by atoms with Crippen molar-refractivity contribution in [3.05, 3.63) is 24.0 Å². The van der Waals surface area contributed by atoms with Gasteiger partial charge in [0.05, 0.1) is 16.9 Å². The first-order valence-electron chi connectivity index (χ1n) is 8.88. The smallest absolute Gasteiger partial charge is 0.399 e. The van der Waals surface area contributed by atoms with E-state index in [2.05, 4.69) is 4.98 Å². The lowest BCUT2D eigenvalue weighted by Gasteiger charge is -2.35. The molecule has 1 aromatic rings. The Morgan fingerprint density at radius 2 is 1.67 bits per heavy atom. The van der Waals surface area contributed by atoms with Gasteiger partial charge in [0.1, 0.15) is 5.60 Å². The molecule has 0 saturated carbocycles. The standard InChI is InChI=1S/C18H26BNO3S/c1-16(2)17(3,4)23-19(22-16)12-5-8-15(20-11-12)18(21)9-13-6-7-14(10-18)24-13/h5,8,11,13-14,21H,6-7,9-10H2,1-4H3. The molecule has 4 rings (SSSR count). The van der Waals surface area contributed by atoms with Gasteiger partial charge in [-0.1, -0.05) is 6.07 Å². The molecule has 4 nitrogen and oxygen atoms in total. The van der Waals surface area contributed by atoms with Gasteiger partial charge in [0, 0.05) is 22.2 Å². The normalized spacial score (nSPS) is 37.0. The van der Waals surface area contributed by atoms with E-state index in [1.54, 1.807) is 6.20 Å². The third-order valence-electron chi connectivity index (χ3n) is 6.11. The van der Waals surface area contributed by atoms with Crippen LogP contribution in [-0.2, 0) is 14.9 Å². The van der Waals surface area contributed by atoms with Crippen LogP contribution in [0.3, 0.4) is 0 Å². The van der Waals surface area contributed by atoms with Crippen molar-refractivity contribution >= 4 is 24.3 Å². The van der Waals surface area contributed by atoms with Gasteiger partial charge in [-0.3, -0.25) is 4.98 Å². The number of rotatable bonds is 2. The highest BCUT2D eigenvalue weighted by molar-refractivity contribution is 8.00. The minimum Gasteiger partial charge on any atom is -0.399 e. The quantitative estimate of drug-likeness (QED) is 0.834. The average Bonchev–Trinajstić information content (AvgIpc) is 2.95. The zero-order valence-electron chi connectivity index (χ0n) is 14.9. The fourth-order valence-electron chi connectivity index (χ4n) is 3.93. The van der Waals surface area contributed by atoms with E-state index in [1.807, 2.05) is 51.6 Å². The molecule has 3 saturated heterocycles. The van der Waals surface area contributed by atoms with Gasteiger partial charge in [0.15, 0.2) is 0 Å². The summed E-state index contributed by atoms with van der Waals surface area (Å²) in [7, 11) is -0.399. The molecule has 130 valence electrons. The van der Waals surface area contributed by atoms with Crippen molar-refractivity contribution in [2.45, 2.75) is 80.7 Å². The van der Waals surface area contributed by atoms with Gasteiger partial charge in [-0.05, 0) is 59.4 Å². The summed E-state index contributed by atoms with van der Waals surface area (Å²) in [5, 5.41) is 12.3. The summed E-state index contributed by atoms with van der Waals surface area (Å²) >= 11 is 2.04. The molecule has 4 heterocycles. The van der Waals surface area contributed by atoms with Crippen LogP contribution in [0.25, 0.3) is 0 Å². The van der Waals surface area contributed by atoms with Gasteiger partial charge in [-0.15, -0.1) is 0 Å². The summed E-state index contributed by atoms with van der Waals surface area (Å²) < 4.78 is 12.2. The van der Waals surface area contributed by atoms with Crippen molar-refractivity contribution in [2.75, 3.05) is 0 Å². The molecule has 2 bridgehead atoms. The van der Waals surface area contributed by atoms with Crippen LogP contribution >= 0.6 is 11.8 Å². The minimum atomic E-state index is -0.772. The second-order valence-corrected chi connectivity index (χ2v) is 10.1. The van der Waals surface area contributed by atoms with E-state index in [0.29, 0.717) is 10.5 Å². The van der Waals surface area contributed by atoms with Crippen molar-refractivity contribution < 1.29 is 14.4 Å². The highest BCUT2D eigenvalue weighted by Crippen LogP contribution is 2.50. The van der Waals surface area contributed by atoms with Crippen molar-refractivity contribution in [3.8, 4) is 0 Å². The molecule has 0 spiro atoms. The third-order valence-corrected chi connectivity index (χ3v) is 7.69. The van der Waals surface area contributed by atoms with E-state index >= 15 is 0 Å². The first-order chi connectivity index (χ1) is 11.2. The number of aliphatic hydroxyl groups is 1. The molecule has 0 aromatic carbocycles. The number of fused-ring (bicyclic) bond motifs is 2. The van der Waals surface area contributed by atoms with Gasteiger partial charge >= 0.3 is 7.12 Å². The fourth-order valence-corrected chi connectivity index (χ4v) is 5.76. The van der Waals surface area contributed by atoms with Gasteiger partial charge in [-0.2, -0.15) is 11.8 Å². The van der Waals surface area contributed by atoms with E-state index in [4.69, 9.17) is 9.31 Å². The highest BCUT2D eigenvalue weighted by Gasteiger charge is 2.52. The Bertz CT molecular complexity index is 606. The van der Waals surface area contributed by atoms with Crippen LogP contribution in [0, 0.1) is 0 Å². The monoisotopic (exact) mass is 347 g/mol. The van der Waals surface area contributed by atoms with Crippen molar-refractivity contribution in [1.29, 1.82) is 0 Å². The van der Waals surface area contributed by atoms with Gasteiger partial charge in [0.25, 0.3) is 0 Å². The molecule has 3 aliphatic heterocycles. The molecule has 0 amide bonds. The maximum absolute atomic E-state index is 11.1. The molecule has 0 radical (unpaired) electrons. The SMILES string of the molecule is CC1(C)OB(c2ccc(C3(O)CC4CCC(C3)S4)nc2)OC1(C)C. The van der Waals surface area contributed by atoms with Crippen LogP contribution in [0.1, 0.15) is 59.1 Å². The maximum Gasteiger partial charge on any atom is 0.496 e. The van der Waals surface area contributed by atoms with Gasteiger partial charge in [0.2, 0.25) is 0 Å². The molecule has 0 aliphatic carbocycles. The number of hydrogen-bond donors (Lipinski definition) is 1. The Balaban J connectivity index is 1.54. The van der Waals surface area contributed by atoms with E-state index < -0.39 is 12.7 Å². The topological polar surface area (TPSA) is 51.6 Å². The number of nitrogens with zero attached hydrogens (tertiary/aromatic N) is 1. The molecular weight excluding hydrogens is 321 g/mol. The first kappa shape index (κ1) is 16.9. The predicted molar refractivity (Wildman–Crippen MR) is 97.5 cm³/mol. The molecule has 1 N–H and O–H groups in total. The zero-order chi connectivity index (χ0) is 17.2. The number of pyridine rings is 1. The van der Waals surface area contributed by atoms with Gasteiger partial charge < -0.3 is 14.4 Å². The second kappa shape index (κ2) is 5.47. The van der Waals surface area contributed by atoms with Crippen LogP contribution in [0.2, 0.25) is 0 Å². The van der Waals surface area contributed by atoms with Crippen molar-refractivity contribution in [2.24, 2.45) is 0 Å². The van der Waals surface area contributed by atoms with E-state index in [1.165, 1.54) is 12.8 Å². The Labute approximate surface area is 148 Å². The summed E-state index contributed by atoms with van der Waals surface area (Å²) in [5.41, 5.74) is 0.225. The molecule has 2 unspecified atom stereocenters. The van der Waals surface area contributed by atoms with Crippen LogP contribution in [0.5, 0.6) is 0 Å². The number of thioether (sulfide) groups is 1. The molecular formula is C18H26BNO3S. The van der Waals surface area contributed by atoms with E-state index in [9.17, 15) is 5.11 Å². The number of hydrogen-bond acceptors (Lipinski definition) is 5. The molecule has 1 aromatic heterocycles. The Hall–Kier alpha value is -0.555. The Morgan fingerprint density at radius 1 is 1.08 bits per heavy atom. The average molecular weight is 347 g/mol. The van der Waals surface area contributed by atoms with Gasteiger partial charge in [-0.25, -0.2) is 0 Å². The lowest BCUT2D eigenvalue weighted by molar-refractivity contribution is 0.00578. The van der Waals surface area contributed by atoms with Crippen LogP contribution in [0.15, 0.2) is 18.3 Å². The summed E-state index contributed by atoms with van der Waals surface area (Å²) in [4.78, 5) is 4.59. The van der Waals surface area contributed by atoms with E-state index in [-0.39, 0.29) is 11.2 Å². The minimum absolute atomic E-state index is 0.353. The van der Waals surface area contributed by atoms with Crippen molar-refractivity contribution in [1.82, 2.24) is 4.98 Å². The second-order valence-electron chi connectivity index (χ2n) is 8.46. The van der Waals surface area contributed by atoms with Crippen LogP contribution < -0.4 is 5.46 Å². The maximum atomic E-state index is 11.1. The first-order valence-corrected chi connectivity index (χ1v) is 9.83. The Morgan fingerprint density at radius 3 is 2.17 bits per heavy atom. The van der Waals surface area contributed by atoms with Crippen molar-refractivity contribution in [3.63, 3.8) is 0 Å². The molecule has 2 atom stereocenters. The lowest BCUT2D eigenvalue weighted by Crippen LogP contribution is -2.41. The fraction of sp³-hybridized carbons (Fsp3) is 0.722. The summed E-state index contributed by atoms with van der Waals surface area (Å²) in [6, 6.07) is 3.95. The summed E-state index contributed by atoms with van der Waals surface area (Å²) in [5.74, 6) is 0.